The molecule has 176 valence electrons. The highest BCUT2D eigenvalue weighted by Gasteiger charge is 2.40. The van der Waals surface area contributed by atoms with Crippen molar-refractivity contribution in [2.75, 3.05) is 20.2 Å². The number of nitrogens with zero attached hydrogens (tertiary/aromatic N) is 2. The molecule has 2 amide bonds. The van der Waals surface area contributed by atoms with E-state index in [-0.39, 0.29) is 24.0 Å². The highest BCUT2D eigenvalue weighted by Crippen LogP contribution is 2.33. The van der Waals surface area contributed by atoms with Crippen LogP contribution in [0, 0.1) is 0 Å². The van der Waals surface area contributed by atoms with Crippen LogP contribution in [0.3, 0.4) is 0 Å². The molecule has 33 heavy (non-hydrogen) atoms. The summed E-state index contributed by atoms with van der Waals surface area (Å²) < 4.78 is 11.3. The summed E-state index contributed by atoms with van der Waals surface area (Å²) in [4.78, 5) is 30.0. The molecule has 3 rings (SSSR count). The van der Waals surface area contributed by atoms with Crippen molar-refractivity contribution in [3.05, 3.63) is 71.4 Å². The first-order valence-corrected chi connectivity index (χ1v) is 11.5. The van der Waals surface area contributed by atoms with E-state index >= 15 is 0 Å². The zero-order valence-corrected chi connectivity index (χ0v) is 20.2. The van der Waals surface area contributed by atoms with Crippen molar-refractivity contribution < 1.29 is 19.1 Å². The Bertz CT molecular complexity index is 981. The first-order valence-electron chi connectivity index (χ1n) is 11.5. The van der Waals surface area contributed by atoms with E-state index in [2.05, 4.69) is 0 Å². The molecule has 1 aliphatic heterocycles. The number of likely N-dealkylation sites (N-methyl/N-ethyl adjacent to an activating group) is 1. The monoisotopic (exact) mass is 450 g/mol. The molecule has 0 atom stereocenters. The molecule has 2 aromatic rings. The maximum Gasteiger partial charge on any atom is 0.277 e. The Morgan fingerprint density at radius 2 is 1.55 bits per heavy atom. The Morgan fingerprint density at radius 3 is 2.15 bits per heavy atom. The van der Waals surface area contributed by atoms with Gasteiger partial charge in [-0.05, 0) is 57.4 Å². The normalized spacial score (nSPS) is 14.1. The maximum atomic E-state index is 13.4. The minimum atomic E-state index is -0.267. The average molecular weight is 451 g/mol. The zero-order chi connectivity index (χ0) is 24.0. The molecule has 0 saturated carbocycles. The van der Waals surface area contributed by atoms with Crippen LogP contribution >= 0.6 is 0 Å². The van der Waals surface area contributed by atoms with Crippen LogP contribution in [-0.4, -0.2) is 54.0 Å². The average Bonchev–Trinajstić information content (AvgIpc) is 3.02. The van der Waals surface area contributed by atoms with Gasteiger partial charge in [0.05, 0.1) is 17.8 Å². The summed E-state index contributed by atoms with van der Waals surface area (Å²) in [6, 6.07) is 17.3. The molecule has 1 heterocycles. The molecular weight excluding hydrogens is 416 g/mol. The predicted octanol–water partition coefficient (Wildman–Crippen LogP) is 4.50. The van der Waals surface area contributed by atoms with Crippen LogP contribution in [0.5, 0.6) is 5.75 Å². The molecule has 0 spiro atoms. The number of hydrogen-bond donors (Lipinski definition) is 0. The number of carbonyl (C=O) groups is 2. The van der Waals surface area contributed by atoms with Gasteiger partial charge in [0, 0.05) is 26.7 Å². The summed E-state index contributed by atoms with van der Waals surface area (Å²) in [6.45, 7) is 9.22. The second kappa shape index (κ2) is 11.1. The third-order valence-corrected chi connectivity index (χ3v) is 5.28. The van der Waals surface area contributed by atoms with Crippen molar-refractivity contribution in [3.8, 4) is 5.75 Å². The Balaban J connectivity index is 1.89. The van der Waals surface area contributed by atoms with Crippen molar-refractivity contribution in [2.45, 2.75) is 52.9 Å². The Kier molecular flexibility index (Phi) is 8.28. The van der Waals surface area contributed by atoms with Crippen LogP contribution in [0.15, 0.2) is 60.3 Å². The van der Waals surface area contributed by atoms with Gasteiger partial charge in [0.25, 0.3) is 11.8 Å². The lowest BCUT2D eigenvalue weighted by atomic mass is 10.0. The molecule has 0 aromatic heterocycles. The molecule has 0 saturated heterocycles. The lowest BCUT2D eigenvalue weighted by Crippen LogP contribution is -2.35. The SMILES string of the molecule is CC(C)OCCCN1C(=O)C(c2ccc(OC(C)C)cc2)=C(N(C)Cc2ccccc2)C1=O. The van der Waals surface area contributed by atoms with Gasteiger partial charge in [-0.25, -0.2) is 0 Å². The highest BCUT2D eigenvalue weighted by atomic mass is 16.5. The molecule has 0 bridgehead atoms. The first kappa shape index (κ1) is 24.5. The molecule has 0 fully saturated rings. The molecule has 0 N–H and O–H groups in total. The number of imide groups is 1. The fourth-order valence-electron chi connectivity index (χ4n) is 3.83. The maximum absolute atomic E-state index is 13.4. The van der Waals surface area contributed by atoms with Crippen molar-refractivity contribution in [2.24, 2.45) is 0 Å². The second-order valence-electron chi connectivity index (χ2n) is 8.79. The quantitative estimate of drug-likeness (QED) is 0.373. The van der Waals surface area contributed by atoms with Crippen LogP contribution in [0.1, 0.15) is 45.2 Å². The topological polar surface area (TPSA) is 59.1 Å². The summed E-state index contributed by atoms with van der Waals surface area (Å²) in [7, 11) is 1.86. The van der Waals surface area contributed by atoms with Crippen molar-refractivity contribution in [3.63, 3.8) is 0 Å². The number of carbonyl (C=O) groups excluding carboxylic acids is 2. The highest BCUT2D eigenvalue weighted by molar-refractivity contribution is 6.35. The van der Waals surface area contributed by atoms with E-state index < -0.39 is 0 Å². The Hall–Kier alpha value is -3.12. The van der Waals surface area contributed by atoms with Crippen LogP contribution < -0.4 is 4.74 Å². The first-order chi connectivity index (χ1) is 15.8. The summed E-state index contributed by atoms with van der Waals surface area (Å²) in [6.07, 6.45) is 0.767. The van der Waals surface area contributed by atoms with Crippen LogP contribution in [0.25, 0.3) is 5.57 Å². The van der Waals surface area contributed by atoms with Crippen molar-refractivity contribution in [1.82, 2.24) is 9.80 Å². The number of rotatable bonds is 11. The van der Waals surface area contributed by atoms with Gasteiger partial charge in [0.1, 0.15) is 11.4 Å². The van der Waals surface area contributed by atoms with Gasteiger partial charge in [0.2, 0.25) is 0 Å². The van der Waals surface area contributed by atoms with E-state index in [0.717, 1.165) is 11.3 Å². The second-order valence-corrected chi connectivity index (χ2v) is 8.79. The lowest BCUT2D eigenvalue weighted by Gasteiger charge is -2.21. The molecule has 0 radical (unpaired) electrons. The minimum absolute atomic E-state index is 0.0564. The van der Waals surface area contributed by atoms with Gasteiger partial charge in [-0.1, -0.05) is 42.5 Å². The standard InChI is InChI=1S/C27H34N2O4/c1-19(2)32-17-9-16-29-26(30)24(22-12-14-23(15-13-22)33-20(3)4)25(27(29)31)28(5)18-21-10-7-6-8-11-21/h6-8,10-15,19-20H,9,16-18H2,1-5H3. The van der Waals surface area contributed by atoms with E-state index in [1.54, 1.807) is 0 Å². The molecule has 1 aliphatic rings. The summed E-state index contributed by atoms with van der Waals surface area (Å²) in [5.74, 6) is 0.200. The summed E-state index contributed by atoms with van der Waals surface area (Å²) >= 11 is 0. The number of benzene rings is 2. The van der Waals surface area contributed by atoms with Gasteiger partial charge in [0.15, 0.2) is 0 Å². The van der Waals surface area contributed by atoms with Crippen molar-refractivity contribution in [1.29, 1.82) is 0 Å². The molecule has 0 aliphatic carbocycles. The molecule has 6 heteroatoms. The van der Waals surface area contributed by atoms with Gasteiger partial charge < -0.3 is 14.4 Å². The fourth-order valence-corrected chi connectivity index (χ4v) is 3.83. The van der Waals surface area contributed by atoms with Gasteiger partial charge in [-0.15, -0.1) is 0 Å². The Labute approximate surface area is 196 Å². The smallest absolute Gasteiger partial charge is 0.277 e. The summed E-state index contributed by atoms with van der Waals surface area (Å²) in [5.41, 5.74) is 2.63. The van der Waals surface area contributed by atoms with E-state index in [1.165, 1.54) is 4.90 Å². The summed E-state index contributed by atoms with van der Waals surface area (Å²) in [5, 5.41) is 0. The van der Waals surface area contributed by atoms with Crippen LogP contribution in [0.2, 0.25) is 0 Å². The zero-order valence-electron chi connectivity index (χ0n) is 20.2. The minimum Gasteiger partial charge on any atom is -0.491 e. The molecule has 0 unspecified atom stereocenters. The molecule has 6 nitrogen and oxygen atoms in total. The van der Waals surface area contributed by atoms with Gasteiger partial charge >= 0.3 is 0 Å². The fraction of sp³-hybridized carbons (Fsp3) is 0.407. The Morgan fingerprint density at radius 1 is 0.879 bits per heavy atom. The van der Waals surface area contributed by atoms with Crippen LogP contribution in [0.4, 0.5) is 0 Å². The van der Waals surface area contributed by atoms with E-state index in [0.29, 0.717) is 43.0 Å². The largest absolute Gasteiger partial charge is 0.491 e. The lowest BCUT2D eigenvalue weighted by molar-refractivity contribution is -0.137. The predicted molar refractivity (Wildman–Crippen MR) is 129 cm³/mol. The molecular formula is C27H34N2O4. The van der Waals surface area contributed by atoms with E-state index in [1.807, 2.05) is 94.2 Å². The van der Waals surface area contributed by atoms with Crippen LogP contribution in [-0.2, 0) is 20.9 Å². The molecule has 2 aromatic carbocycles. The third kappa shape index (κ3) is 6.23. The van der Waals surface area contributed by atoms with Crippen molar-refractivity contribution >= 4 is 17.4 Å². The third-order valence-electron chi connectivity index (χ3n) is 5.28. The van der Waals surface area contributed by atoms with Gasteiger partial charge in [-0.2, -0.15) is 0 Å². The number of ether oxygens (including phenoxy) is 2. The number of amides is 2. The van der Waals surface area contributed by atoms with E-state index in [4.69, 9.17) is 9.47 Å². The number of hydrogen-bond acceptors (Lipinski definition) is 5. The van der Waals surface area contributed by atoms with Gasteiger partial charge in [-0.3, -0.25) is 14.5 Å². The van der Waals surface area contributed by atoms with E-state index in [9.17, 15) is 9.59 Å².